The molecule has 1 aromatic carbocycles. The van der Waals surface area contributed by atoms with E-state index in [0.717, 1.165) is 16.8 Å². The number of carbonyl (C=O) groups is 1. The number of rotatable bonds is 6. The number of nitrogens with one attached hydrogen (secondary N) is 2. The maximum atomic E-state index is 13.4. The van der Waals surface area contributed by atoms with Crippen molar-refractivity contribution in [2.24, 2.45) is 0 Å². The first-order valence-corrected chi connectivity index (χ1v) is 13.4. The van der Waals surface area contributed by atoms with Gasteiger partial charge in [0.25, 0.3) is 5.91 Å². The summed E-state index contributed by atoms with van der Waals surface area (Å²) in [5.41, 5.74) is 4.54. The number of aromatic nitrogens is 4. The number of carbonyl (C=O) groups excluding carboxylic acids is 1. The summed E-state index contributed by atoms with van der Waals surface area (Å²) in [6.45, 7) is 3.65. The average Bonchev–Trinajstić information content (AvgIpc) is 2.88. The van der Waals surface area contributed by atoms with Crippen LogP contribution < -0.4 is 10.2 Å². The fourth-order valence-corrected chi connectivity index (χ4v) is 5.21. The molecule has 1 unspecified atom stereocenters. The Hall–Kier alpha value is -4.21. The van der Waals surface area contributed by atoms with Crippen LogP contribution in [0.1, 0.15) is 27.4 Å². The molecule has 0 radical (unpaired) electrons. The quantitative estimate of drug-likeness (QED) is 0.294. The molecule has 0 aliphatic rings. The molecule has 2 N–H and O–H groups in total. The Kier molecular flexibility index (Phi) is 7.13. The van der Waals surface area contributed by atoms with Gasteiger partial charge in [-0.05, 0) is 49.7 Å². The maximum Gasteiger partial charge on any atom is 0.268 e. The minimum Gasteiger partial charge on any atom is -0.345 e. The van der Waals surface area contributed by atoms with E-state index in [1.165, 1.54) is 6.20 Å². The molecule has 0 spiro atoms. The first-order chi connectivity index (χ1) is 18.3. The molecule has 0 fully saturated rings. The van der Waals surface area contributed by atoms with Crippen molar-refractivity contribution in [2.45, 2.75) is 19.6 Å². The van der Waals surface area contributed by atoms with Crippen molar-refractivity contribution in [3.05, 3.63) is 111 Å². The molecule has 0 bridgehead atoms. The highest BCUT2D eigenvalue weighted by molar-refractivity contribution is 7.82. The third kappa shape index (κ3) is 5.39. The normalized spacial score (nSPS) is 11.9. The van der Waals surface area contributed by atoms with Crippen LogP contribution >= 0.6 is 11.6 Å². The molecule has 0 aliphatic carbocycles. The van der Waals surface area contributed by atoms with Crippen LogP contribution in [0.15, 0.2) is 77.7 Å². The van der Waals surface area contributed by atoms with E-state index in [0.29, 0.717) is 33.4 Å². The van der Waals surface area contributed by atoms with Crippen molar-refractivity contribution in [1.82, 2.24) is 24.7 Å². The molecule has 8 nitrogen and oxygen atoms in total. The van der Waals surface area contributed by atoms with Crippen LogP contribution in [0.25, 0.3) is 33.4 Å². The van der Waals surface area contributed by atoms with Gasteiger partial charge >= 0.3 is 0 Å². The Morgan fingerprint density at radius 1 is 0.947 bits per heavy atom. The number of fused-ring (bicyclic) bond motifs is 1. The molecule has 1 atom stereocenters. The Morgan fingerprint density at radius 2 is 1.74 bits per heavy atom. The van der Waals surface area contributed by atoms with E-state index in [1.807, 2.05) is 56.3 Å². The Balaban J connectivity index is 1.56. The van der Waals surface area contributed by atoms with Crippen molar-refractivity contribution in [3.8, 4) is 22.4 Å². The van der Waals surface area contributed by atoms with Gasteiger partial charge in [-0.2, -0.15) is 0 Å². The van der Waals surface area contributed by atoms with Crippen LogP contribution in [0.5, 0.6) is 0 Å². The largest absolute Gasteiger partial charge is 0.345 e. The molecule has 38 heavy (non-hydrogen) atoms. The zero-order chi connectivity index (χ0) is 26.8. The van der Waals surface area contributed by atoms with E-state index in [4.69, 9.17) is 16.6 Å². The third-order valence-corrected chi connectivity index (χ3v) is 6.99. The van der Waals surface area contributed by atoms with Crippen LogP contribution in [0.3, 0.4) is 0 Å². The summed E-state index contributed by atoms with van der Waals surface area (Å²) >= 11 is 6.24. The number of aromatic amines is 1. The second-order valence-electron chi connectivity index (χ2n) is 8.69. The predicted molar refractivity (Wildman–Crippen MR) is 149 cm³/mol. The fourth-order valence-electron chi connectivity index (χ4n) is 4.14. The summed E-state index contributed by atoms with van der Waals surface area (Å²) in [5.74, 6) is -0.733. The second-order valence-corrected chi connectivity index (χ2v) is 10.3. The standard InChI is InChI=1S/C28H22ClN5O3S/c1-16-7-6-10-20(31-16)15-38(37)34-28(36)23-14-30-27-22(26(23)35)13-21(19-11-17(2)32-24(29)12-19)25(33-27)18-8-4-3-5-9-18/h3-14H,15H2,1-2H3,(H,34,36)(H,30,33,35). The average molecular weight is 544 g/mol. The highest BCUT2D eigenvalue weighted by atomic mass is 35.5. The van der Waals surface area contributed by atoms with Crippen LogP contribution in [0, 0.1) is 13.8 Å². The molecule has 5 aromatic rings. The van der Waals surface area contributed by atoms with Gasteiger partial charge in [-0.1, -0.05) is 48.0 Å². The Labute approximate surface area is 225 Å². The highest BCUT2D eigenvalue weighted by Crippen LogP contribution is 2.33. The molecule has 190 valence electrons. The summed E-state index contributed by atoms with van der Waals surface area (Å²) in [6, 6.07) is 20.2. The number of amides is 1. The van der Waals surface area contributed by atoms with Crippen LogP contribution in [0.2, 0.25) is 5.15 Å². The van der Waals surface area contributed by atoms with Gasteiger partial charge in [0, 0.05) is 28.7 Å². The Bertz CT molecular complexity index is 1750. The molecule has 5 rings (SSSR count). The number of nitrogens with zero attached hydrogens (tertiary/aromatic N) is 3. The summed E-state index contributed by atoms with van der Waals surface area (Å²) in [4.78, 5) is 42.6. The smallest absolute Gasteiger partial charge is 0.268 e. The number of benzene rings is 1. The van der Waals surface area contributed by atoms with Gasteiger partial charge < -0.3 is 4.98 Å². The van der Waals surface area contributed by atoms with E-state index in [2.05, 4.69) is 19.7 Å². The Morgan fingerprint density at radius 3 is 2.47 bits per heavy atom. The minimum absolute atomic E-state index is 0.0210. The van der Waals surface area contributed by atoms with Gasteiger partial charge in [-0.15, -0.1) is 0 Å². The van der Waals surface area contributed by atoms with E-state index in [1.54, 1.807) is 24.3 Å². The van der Waals surface area contributed by atoms with Crippen molar-refractivity contribution >= 4 is 39.5 Å². The lowest BCUT2D eigenvalue weighted by Crippen LogP contribution is -2.31. The second kappa shape index (κ2) is 10.6. The van der Waals surface area contributed by atoms with E-state index in [9.17, 15) is 13.8 Å². The van der Waals surface area contributed by atoms with Crippen molar-refractivity contribution in [1.29, 1.82) is 0 Å². The van der Waals surface area contributed by atoms with Gasteiger partial charge in [-0.25, -0.2) is 14.2 Å². The van der Waals surface area contributed by atoms with Crippen LogP contribution in [-0.2, 0) is 16.7 Å². The molecule has 1 amide bonds. The summed E-state index contributed by atoms with van der Waals surface area (Å²) in [7, 11) is -1.77. The first-order valence-electron chi connectivity index (χ1n) is 11.7. The van der Waals surface area contributed by atoms with Crippen LogP contribution in [-0.4, -0.2) is 30.1 Å². The van der Waals surface area contributed by atoms with E-state index >= 15 is 0 Å². The van der Waals surface area contributed by atoms with Crippen LogP contribution in [0.4, 0.5) is 0 Å². The molecule has 0 saturated carbocycles. The lowest BCUT2D eigenvalue weighted by Gasteiger charge is -2.13. The highest BCUT2D eigenvalue weighted by Gasteiger charge is 2.19. The molecular formula is C28H22ClN5O3S. The first kappa shape index (κ1) is 25.4. The van der Waals surface area contributed by atoms with Gasteiger partial charge in [0.1, 0.15) is 27.3 Å². The lowest BCUT2D eigenvalue weighted by molar-refractivity contribution is 0.0981. The third-order valence-electron chi connectivity index (χ3n) is 5.82. The predicted octanol–water partition coefficient (Wildman–Crippen LogP) is 4.91. The SMILES string of the molecule is Cc1cc(-c2cc3c(=O)c(C(=O)NS(=O)Cc4cccc(C)n4)c[nH]c3nc2-c2ccccc2)cc(Cl)n1. The molecule has 0 aliphatic heterocycles. The summed E-state index contributed by atoms with van der Waals surface area (Å²) in [5, 5.41) is 0.524. The minimum atomic E-state index is -1.77. The zero-order valence-corrected chi connectivity index (χ0v) is 22.1. The fraction of sp³-hybridized carbons (Fsp3) is 0.107. The van der Waals surface area contributed by atoms with Gasteiger partial charge in [0.05, 0.1) is 22.5 Å². The van der Waals surface area contributed by atoms with Crippen molar-refractivity contribution in [3.63, 3.8) is 0 Å². The van der Waals surface area contributed by atoms with Gasteiger partial charge in [0.2, 0.25) is 5.43 Å². The maximum absolute atomic E-state index is 13.4. The number of halogens is 1. The molecular weight excluding hydrogens is 522 g/mol. The lowest BCUT2D eigenvalue weighted by atomic mass is 9.98. The topological polar surface area (TPSA) is 118 Å². The number of H-pyrrole nitrogens is 1. The number of pyridine rings is 4. The summed E-state index contributed by atoms with van der Waals surface area (Å²) < 4.78 is 15.0. The van der Waals surface area contributed by atoms with Gasteiger partial charge in [-0.3, -0.25) is 19.3 Å². The zero-order valence-electron chi connectivity index (χ0n) is 20.5. The van der Waals surface area contributed by atoms with E-state index in [-0.39, 0.29) is 16.7 Å². The van der Waals surface area contributed by atoms with Gasteiger partial charge in [0.15, 0.2) is 0 Å². The monoisotopic (exact) mass is 543 g/mol. The number of hydrogen-bond donors (Lipinski definition) is 2. The molecule has 4 aromatic heterocycles. The molecule has 10 heteroatoms. The van der Waals surface area contributed by atoms with Crippen molar-refractivity contribution in [2.75, 3.05) is 0 Å². The number of aryl methyl sites for hydroxylation is 2. The molecule has 0 saturated heterocycles. The van der Waals surface area contributed by atoms with Crippen molar-refractivity contribution < 1.29 is 9.00 Å². The van der Waals surface area contributed by atoms with E-state index < -0.39 is 22.3 Å². The summed E-state index contributed by atoms with van der Waals surface area (Å²) in [6.07, 6.45) is 1.29. The molecule has 4 heterocycles. The number of hydrogen-bond acceptors (Lipinski definition) is 6.